The summed E-state index contributed by atoms with van der Waals surface area (Å²) in [4.78, 5) is 0. The predicted octanol–water partition coefficient (Wildman–Crippen LogP) is 4.46. The van der Waals surface area contributed by atoms with Crippen molar-refractivity contribution < 1.29 is 4.39 Å². The van der Waals surface area contributed by atoms with E-state index in [0.29, 0.717) is 4.32 Å². The Morgan fingerprint density at radius 1 is 1.06 bits per heavy atom. The van der Waals surface area contributed by atoms with Crippen molar-refractivity contribution >= 4 is 34.0 Å². The highest BCUT2D eigenvalue weighted by molar-refractivity contribution is 8.22. The van der Waals surface area contributed by atoms with E-state index in [1.165, 1.54) is 17.7 Å². The zero-order chi connectivity index (χ0) is 12.8. The van der Waals surface area contributed by atoms with Crippen LogP contribution in [0.25, 0.3) is 0 Å². The van der Waals surface area contributed by atoms with Gasteiger partial charge in [-0.15, -0.1) is 0 Å². The van der Waals surface area contributed by atoms with Gasteiger partial charge in [0.05, 0.1) is 0 Å². The van der Waals surface area contributed by atoms with Crippen molar-refractivity contribution in [1.82, 2.24) is 0 Å². The van der Waals surface area contributed by atoms with Crippen LogP contribution >= 0.6 is 24.0 Å². The van der Waals surface area contributed by atoms with Gasteiger partial charge in [0.1, 0.15) is 10.1 Å². The zero-order valence-corrected chi connectivity index (χ0v) is 11.2. The van der Waals surface area contributed by atoms with Gasteiger partial charge in [-0.3, -0.25) is 0 Å². The molecule has 1 N–H and O–H groups in total. The molecular weight excluding hydrogens is 265 g/mol. The van der Waals surface area contributed by atoms with E-state index in [0.717, 1.165) is 11.4 Å². The van der Waals surface area contributed by atoms with E-state index in [-0.39, 0.29) is 5.82 Å². The molecule has 0 saturated carbocycles. The Balaban J connectivity index is 1.84. The number of halogens is 1. The number of benzene rings is 2. The highest BCUT2D eigenvalue weighted by Crippen LogP contribution is 2.16. The van der Waals surface area contributed by atoms with Crippen molar-refractivity contribution in [1.29, 1.82) is 0 Å². The maximum absolute atomic E-state index is 12.7. The van der Waals surface area contributed by atoms with Crippen LogP contribution in [0.2, 0.25) is 0 Å². The second kappa shape index (κ2) is 6.52. The number of thioether (sulfide) groups is 1. The topological polar surface area (TPSA) is 12.0 Å². The molecule has 92 valence electrons. The molecule has 1 nitrogen and oxygen atoms in total. The molecule has 0 spiro atoms. The summed E-state index contributed by atoms with van der Waals surface area (Å²) in [5.41, 5.74) is 2.03. The molecular formula is C14H12FNS2. The van der Waals surface area contributed by atoms with Crippen LogP contribution in [0.3, 0.4) is 0 Å². The summed E-state index contributed by atoms with van der Waals surface area (Å²) in [6.45, 7) is 0. The smallest absolute Gasteiger partial charge is 0.138 e. The van der Waals surface area contributed by atoms with Crippen LogP contribution in [-0.4, -0.2) is 4.32 Å². The van der Waals surface area contributed by atoms with Gasteiger partial charge < -0.3 is 5.32 Å². The number of nitrogens with one attached hydrogen (secondary N) is 1. The minimum atomic E-state index is -0.247. The summed E-state index contributed by atoms with van der Waals surface area (Å²) in [6.07, 6.45) is 0. The van der Waals surface area contributed by atoms with Crippen LogP contribution < -0.4 is 5.32 Å². The largest absolute Gasteiger partial charge is 0.341 e. The molecule has 0 aliphatic heterocycles. The standard InChI is InChI=1S/C14H12FNS2/c15-12-6-8-13(9-7-12)16-14(17)18-10-11-4-2-1-3-5-11/h1-9H,10H2,(H,16,17). The fourth-order valence-electron chi connectivity index (χ4n) is 1.41. The van der Waals surface area contributed by atoms with Gasteiger partial charge in [-0.1, -0.05) is 54.3 Å². The molecule has 0 aliphatic rings. The van der Waals surface area contributed by atoms with Gasteiger partial charge in [-0.05, 0) is 29.8 Å². The first kappa shape index (κ1) is 13.1. The molecule has 0 fully saturated rings. The molecule has 0 aliphatic carbocycles. The second-order valence-corrected chi connectivity index (χ2v) is 5.35. The predicted molar refractivity (Wildman–Crippen MR) is 80.4 cm³/mol. The van der Waals surface area contributed by atoms with Crippen molar-refractivity contribution in [3.63, 3.8) is 0 Å². The molecule has 2 aromatic rings. The summed E-state index contributed by atoms with van der Waals surface area (Å²) >= 11 is 6.78. The first-order valence-corrected chi connectivity index (χ1v) is 6.87. The first-order chi connectivity index (χ1) is 8.74. The van der Waals surface area contributed by atoms with Crippen LogP contribution in [-0.2, 0) is 5.75 Å². The molecule has 0 aromatic heterocycles. The van der Waals surface area contributed by atoms with E-state index >= 15 is 0 Å². The van der Waals surface area contributed by atoms with Crippen LogP contribution in [0.15, 0.2) is 54.6 Å². The Labute approximate surface area is 115 Å². The summed E-state index contributed by atoms with van der Waals surface area (Å²) in [6, 6.07) is 16.3. The average molecular weight is 277 g/mol. The number of thiocarbonyl (C=S) groups is 1. The van der Waals surface area contributed by atoms with E-state index in [1.807, 2.05) is 18.2 Å². The summed E-state index contributed by atoms with van der Waals surface area (Å²) in [5, 5.41) is 3.07. The minimum absolute atomic E-state index is 0.247. The normalized spacial score (nSPS) is 10.1. The van der Waals surface area contributed by atoms with Gasteiger partial charge in [0, 0.05) is 11.4 Å². The highest BCUT2D eigenvalue weighted by Gasteiger charge is 2.00. The first-order valence-electron chi connectivity index (χ1n) is 5.47. The molecule has 0 bridgehead atoms. The fraction of sp³-hybridized carbons (Fsp3) is 0.0714. The summed E-state index contributed by atoms with van der Waals surface area (Å²) < 4.78 is 13.4. The average Bonchev–Trinajstić information content (AvgIpc) is 2.40. The summed E-state index contributed by atoms with van der Waals surface area (Å²) in [7, 11) is 0. The van der Waals surface area contributed by atoms with E-state index < -0.39 is 0 Å². The van der Waals surface area contributed by atoms with Crippen LogP contribution in [0.4, 0.5) is 10.1 Å². The van der Waals surface area contributed by atoms with Crippen molar-refractivity contribution in [2.45, 2.75) is 5.75 Å². The molecule has 18 heavy (non-hydrogen) atoms. The molecule has 0 heterocycles. The lowest BCUT2D eigenvalue weighted by Gasteiger charge is -2.07. The van der Waals surface area contributed by atoms with Crippen LogP contribution in [0, 0.1) is 5.82 Å². The Morgan fingerprint density at radius 2 is 1.72 bits per heavy atom. The third-order valence-electron chi connectivity index (χ3n) is 2.30. The fourth-order valence-corrected chi connectivity index (χ4v) is 2.39. The monoisotopic (exact) mass is 277 g/mol. The Bertz CT molecular complexity index is 511. The second-order valence-electron chi connectivity index (χ2n) is 3.69. The van der Waals surface area contributed by atoms with Gasteiger partial charge >= 0.3 is 0 Å². The van der Waals surface area contributed by atoms with Crippen LogP contribution in [0.5, 0.6) is 0 Å². The molecule has 0 amide bonds. The maximum atomic E-state index is 12.7. The third kappa shape index (κ3) is 4.13. The van der Waals surface area contributed by atoms with E-state index in [1.54, 1.807) is 23.9 Å². The van der Waals surface area contributed by atoms with Gasteiger partial charge in [-0.25, -0.2) is 4.39 Å². The molecule has 0 radical (unpaired) electrons. The molecule has 2 rings (SSSR count). The lowest BCUT2D eigenvalue weighted by molar-refractivity contribution is 0.628. The van der Waals surface area contributed by atoms with Gasteiger partial charge in [0.2, 0.25) is 0 Å². The SMILES string of the molecule is Fc1ccc(NC(=S)SCc2ccccc2)cc1. The highest BCUT2D eigenvalue weighted by atomic mass is 32.2. The van der Waals surface area contributed by atoms with E-state index in [9.17, 15) is 4.39 Å². The minimum Gasteiger partial charge on any atom is -0.341 e. The van der Waals surface area contributed by atoms with Gasteiger partial charge in [-0.2, -0.15) is 0 Å². The van der Waals surface area contributed by atoms with E-state index in [2.05, 4.69) is 17.4 Å². The Hall–Kier alpha value is -1.39. The van der Waals surface area contributed by atoms with Crippen molar-refractivity contribution in [2.75, 3.05) is 5.32 Å². The van der Waals surface area contributed by atoms with Crippen molar-refractivity contribution in [3.05, 3.63) is 66.0 Å². The number of hydrogen-bond acceptors (Lipinski definition) is 2. The lowest BCUT2D eigenvalue weighted by Crippen LogP contribution is -2.04. The zero-order valence-electron chi connectivity index (χ0n) is 9.60. The molecule has 0 atom stereocenters. The molecule has 4 heteroatoms. The Kier molecular flexibility index (Phi) is 4.73. The van der Waals surface area contributed by atoms with Crippen LogP contribution in [0.1, 0.15) is 5.56 Å². The number of anilines is 1. The summed E-state index contributed by atoms with van der Waals surface area (Å²) in [5.74, 6) is 0.580. The lowest BCUT2D eigenvalue weighted by atomic mass is 10.2. The molecule has 0 unspecified atom stereocenters. The van der Waals surface area contributed by atoms with E-state index in [4.69, 9.17) is 12.2 Å². The third-order valence-corrected chi connectivity index (χ3v) is 3.60. The maximum Gasteiger partial charge on any atom is 0.138 e. The van der Waals surface area contributed by atoms with Crippen molar-refractivity contribution in [2.24, 2.45) is 0 Å². The molecule has 0 saturated heterocycles. The Morgan fingerprint density at radius 3 is 2.39 bits per heavy atom. The van der Waals surface area contributed by atoms with Gasteiger partial charge in [0.15, 0.2) is 0 Å². The number of rotatable bonds is 3. The van der Waals surface area contributed by atoms with Crippen molar-refractivity contribution in [3.8, 4) is 0 Å². The molecule has 2 aromatic carbocycles. The van der Waals surface area contributed by atoms with Gasteiger partial charge in [0.25, 0.3) is 0 Å². The number of hydrogen-bond donors (Lipinski definition) is 1. The quantitative estimate of drug-likeness (QED) is 0.832.